The molecule has 0 aliphatic heterocycles. The SMILES string of the molecule is CNc1nc(C)cc(Nc2cc(F)ccc2Br)n1. The van der Waals surface area contributed by atoms with Crippen molar-refractivity contribution >= 4 is 33.4 Å². The molecular weight excluding hydrogens is 299 g/mol. The number of nitrogens with zero attached hydrogens (tertiary/aromatic N) is 2. The van der Waals surface area contributed by atoms with E-state index in [0.717, 1.165) is 10.2 Å². The van der Waals surface area contributed by atoms with Gasteiger partial charge in [0, 0.05) is 23.3 Å². The summed E-state index contributed by atoms with van der Waals surface area (Å²) in [6.07, 6.45) is 0. The van der Waals surface area contributed by atoms with Crippen LogP contribution >= 0.6 is 15.9 Å². The fraction of sp³-hybridized carbons (Fsp3) is 0.167. The zero-order chi connectivity index (χ0) is 13.1. The summed E-state index contributed by atoms with van der Waals surface area (Å²) >= 11 is 3.35. The first-order chi connectivity index (χ1) is 8.58. The minimum atomic E-state index is -0.305. The lowest BCUT2D eigenvalue weighted by molar-refractivity contribution is 0.628. The number of nitrogens with one attached hydrogen (secondary N) is 2. The standard InChI is InChI=1S/C12H12BrFN4/c1-7-5-11(18-12(15-2)16-7)17-10-6-8(14)3-4-9(10)13/h3-6H,1-2H3,(H2,15,16,17,18). The Morgan fingerprint density at radius 3 is 2.72 bits per heavy atom. The van der Waals surface area contributed by atoms with Crippen LogP contribution in [0.25, 0.3) is 0 Å². The van der Waals surface area contributed by atoms with E-state index in [1.165, 1.54) is 12.1 Å². The number of hydrogen-bond acceptors (Lipinski definition) is 4. The molecule has 2 aromatic rings. The van der Waals surface area contributed by atoms with Crippen molar-refractivity contribution in [2.75, 3.05) is 17.7 Å². The first-order valence-corrected chi connectivity index (χ1v) is 6.13. The monoisotopic (exact) mass is 310 g/mol. The Morgan fingerprint density at radius 2 is 2.00 bits per heavy atom. The van der Waals surface area contributed by atoms with E-state index < -0.39 is 0 Å². The van der Waals surface area contributed by atoms with Gasteiger partial charge >= 0.3 is 0 Å². The van der Waals surface area contributed by atoms with E-state index in [1.54, 1.807) is 19.2 Å². The van der Waals surface area contributed by atoms with Crippen LogP contribution in [0.3, 0.4) is 0 Å². The molecule has 4 nitrogen and oxygen atoms in total. The van der Waals surface area contributed by atoms with Gasteiger partial charge in [0.1, 0.15) is 11.6 Å². The van der Waals surface area contributed by atoms with Crippen LogP contribution in [-0.2, 0) is 0 Å². The molecule has 1 aromatic heterocycles. The Hall–Kier alpha value is -1.69. The Bertz CT molecular complexity index is 574. The van der Waals surface area contributed by atoms with E-state index >= 15 is 0 Å². The van der Waals surface area contributed by atoms with Gasteiger partial charge in [-0.25, -0.2) is 9.37 Å². The van der Waals surface area contributed by atoms with Gasteiger partial charge in [-0.2, -0.15) is 4.98 Å². The molecule has 6 heteroatoms. The summed E-state index contributed by atoms with van der Waals surface area (Å²) in [4.78, 5) is 8.43. The van der Waals surface area contributed by atoms with Crippen molar-refractivity contribution in [3.63, 3.8) is 0 Å². The van der Waals surface area contributed by atoms with Crippen molar-refractivity contribution in [1.82, 2.24) is 9.97 Å². The van der Waals surface area contributed by atoms with Crippen molar-refractivity contribution in [1.29, 1.82) is 0 Å². The normalized spacial score (nSPS) is 10.2. The van der Waals surface area contributed by atoms with E-state index in [9.17, 15) is 4.39 Å². The van der Waals surface area contributed by atoms with Crippen molar-refractivity contribution in [2.45, 2.75) is 6.92 Å². The van der Waals surface area contributed by atoms with E-state index in [2.05, 4.69) is 36.5 Å². The van der Waals surface area contributed by atoms with Gasteiger partial charge in [-0.05, 0) is 41.1 Å². The molecule has 0 fully saturated rings. The van der Waals surface area contributed by atoms with Crippen LogP contribution in [0, 0.1) is 12.7 Å². The van der Waals surface area contributed by atoms with Crippen LogP contribution in [0.1, 0.15) is 5.69 Å². The van der Waals surface area contributed by atoms with E-state index in [1.807, 2.05) is 6.92 Å². The molecule has 0 atom stereocenters. The van der Waals surface area contributed by atoms with Crippen LogP contribution in [-0.4, -0.2) is 17.0 Å². The zero-order valence-electron chi connectivity index (χ0n) is 9.96. The highest BCUT2D eigenvalue weighted by Gasteiger charge is 2.05. The highest BCUT2D eigenvalue weighted by Crippen LogP contribution is 2.26. The molecule has 1 heterocycles. The molecule has 0 unspecified atom stereocenters. The highest BCUT2D eigenvalue weighted by atomic mass is 79.9. The molecule has 0 bridgehead atoms. The molecule has 0 saturated carbocycles. The van der Waals surface area contributed by atoms with Crippen molar-refractivity contribution < 1.29 is 4.39 Å². The lowest BCUT2D eigenvalue weighted by atomic mass is 10.3. The molecule has 0 aliphatic rings. The second kappa shape index (κ2) is 5.30. The van der Waals surface area contributed by atoms with Crippen LogP contribution in [0.5, 0.6) is 0 Å². The molecule has 0 radical (unpaired) electrons. The molecule has 18 heavy (non-hydrogen) atoms. The average Bonchev–Trinajstić information content (AvgIpc) is 2.33. The van der Waals surface area contributed by atoms with Gasteiger partial charge in [-0.1, -0.05) is 0 Å². The summed E-state index contributed by atoms with van der Waals surface area (Å²) in [5.74, 6) is 0.823. The first-order valence-electron chi connectivity index (χ1n) is 5.34. The van der Waals surface area contributed by atoms with E-state index in [-0.39, 0.29) is 5.82 Å². The van der Waals surface area contributed by atoms with Gasteiger partial charge in [0.2, 0.25) is 5.95 Å². The van der Waals surface area contributed by atoms with Crippen molar-refractivity contribution in [3.8, 4) is 0 Å². The smallest absolute Gasteiger partial charge is 0.224 e. The number of aromatic nitrogens is 2. The van der Waals surface area contributed by atoms with E-state index in [0.29, 0.717) is 17.5 Å². The van der Waals surface area contributed by atoms with Crippen LogP contribution in [0.2, 0.25) is 0 Å². The first kappa shape index (κ1) is 12.8. The fourth-order valence-electron chi connectivity index (χ4n) is 1.48. The number of benzene rings is 1. The minimum absolute atomic E-state index is 0.305. The van der Waals surface area contributed by atoms with Gasteiger partial charge in [0.05, 0.1) is 5.69 Å². The summed E-state index contributed by atoms with van der Waals surface area (Å²) in [6.45, 7) is 1.87. The Morgan fingerprint density at radius 1 is 1.22 bits per heavy atom. The summed E-state index contributed by atoms with van der Waals surface area (Å²) < 4.78 is 13.9. The largest absolute Gasteiger partial charge is 0.357 e. The Labute approximate surface area is 113 Å². The predicted octanol–water partition coefficient (Wildman–Crippen LogP) is 3.47. The molecular formula is C12H12BrFN4. The molecule has 0 amide bonds. The van der Waals surface area contributed by atoms with Crippen LogP contribution < -0.4 is 10.6 Å². The number of anilines is 3. The summed E-state index contributed by atoms with van der Waals surface area (Å²) in [5, 5.41) is 5.92. The van der Waals surface area contributed by atoms with Gasteiger partial charge in [0.15, 0.2) is 0 Å². The maximum Gasteiger partial charge on any atom is 0.224 e. The second-order valence-corrected chi connectivity index (χ2v) is 4.57. The summed E-state index contributed by atoms with van der Waals surface area (Å²) in [5.41, 5.74) is 1.44. The summed E-state index contributed by atoms with van der Waals surface area (Å²) in [7, 11) is 1.75. The maximum absolute atomic E-state index is 13.2. The zero-order valence-corrected chi connectivity index (χ0v) is 11.5. The molecule has 2 N–H and O–H groups in total. The predicted molar refractivity (Wildman–Crippen MR) is 73.7 cm³/mol. The number of rotatable bonds is 3. The second-order valence-electron chi connectivity index (χ2n) is 3.72. The van der Waals surface area contributed by atoms with Gasteiger partial charge in [-0.15, -0.1) is 0 Å². The number of halogens is 2. The van der Waals surface area contributed by atoms with Crippen molar-refractivity contribution in [3.05, 3.63) is 40.2 Å². The van der Waals surface area contributed by atoms with Gasteiger partial charge in [-0.3, -0.25) is 0 Å². The number of aryl methyl sites for hydroxylation is 1. The third-order valence-corrected chi connectivity index (χ3v) is 2.96. The molecule has 2 rings (SSSR count). The molecule has 1 aromatic carbocycles. The van der Waals surface area contributed by atoms with Crippen LogP contribution in [0.4, 0.5) is 21.8 Å². The Kier molecular flexibility index (Phi) is 3.76. The van der Waals surface area contributed by atoms with E-state index in [4.69, 9.17) is 0 Å². The minimum Gasteiger partial charge on any atom is -0.357 e. The third kappa shape index (κ3) is 2.95. The lowest BCUT2D eigenvalue weighted by Crippen LogP contribution is -2.02. The fourth-order valence-corrected chi connectivity index (χ4v) is 1.82. The maximum atomic E-state index is 13.2. The topological polar surface area (TPSA) is 49.8 Å². The van der Waals surface area contributed by atoms with Gasteiger partial charge < -0.3 is 10.6 Å². The summed E-state index contributed by atoms with van der Waals surface area (Å²) in [6, 6.07) is 6.23. The molecule has 94 valence electrons. The van der Waals surface area contributed by atoms with Crippen molar-refractivity contribution in [2.24, 2.45) is 0 Å². The number of hydrogen-bond donors (Lipinski definition) is 2. The average molecular weight is 311 g/mol. The lowest BCUT2D eigenvalue weighted by Gasteiger charge is -2.09. The van der Waals surface area contributed by atoms with Crippen LogP contribution in [0.15, 0.2) is 28.7 Å². The van der Waals surface area contributed by atoms with Gasteiger partial charge in [0.25, 0.3) is 0 Å². The quantitative estimate of drug-likeness (QED) is 0.911. The Balaban J connectivity index is 2.33. The molecule has 0 aliphatic carbocycles. The molecule has 0 saturated heterocycles. The highest BCUT2D eigenvalue weighted by molar-refractivity contribution is 9.10. The molecule has 0 spiro atoms. The third-order valence-electron chi connectivity index (χ3n) is 2.27.